The maximum Gasteiger partial charge on any atom is 0.344 e. The van der Waals surface area contributed by atoms with Crippen LogP contribution in [0.3, 0.4) is 0 Å². The van der Waals surface area contributed by atoms with E-state index in [1.165, 1.54) is 0 Å². The summed E-state index contributed by atoms with van der Waals surface area (Å²) >= 11 is 6.18. The predicted molar refractivity (Wildman–Crippen MR) is 98.6 cm³/mol. The van der Waals surface area contributed by atoms with Crippen molar-refractivity contribution in [2.75, 3.05) is 6.61 Å². The van der Waals surface area contributed by atoms with Gasteiger partial charge in [0.15, 0.2) is 18.5 Å². The van der Waals surface area contributed by atoms with Crippen LogP contribution in [0.1, 0.15) is 69.0 Å². The largest absolute Gasteiger partial charge is 0.482 e. The lowest BCUT2D eigenvalue weighted by Gasteiger charge is -2.16. The zero-order valence-electron chi connectivity index (χ0n) is 15.8. The minimum absolute atomic E-state index is 0.207. The molecule has 0 aliphatic heterocycles. The van der Waals surface area contributed by atoms with Gasteiger partial charge in [-0.05, 0) is 49.4 Å². The van der Waals surface area contributed by atoms with E-state index in [-0.39, 0.29) is 18.4 Å². The molecule has 0 bridgehead atoms. The molecule has 0 amide bonds. The Bertz CT molecular complexity index is 758. The van der Waals surface area contributed by atoms with E-state index in [0.717, 1.165) is 24.0 Å². The zero-order valence-corrected chi connectivity index (χ0v) is 16.6. The van der Waals surface area contributed by atoms with E-state index in [0.29, 0.717) is 16.6 Å². The molecule has 142 valence electrons. The number of carbonyl (C=O) groups is 1. The van der Waals surface area contributed by atoms with E-state index in [4.69, 9.17) is 25.6 Å². The number of benzene rings is 1. The number of halogens is 1. The third-order valence-corrected chi connectivity index (χ3v) is 4.28. The van der Waals surface area contributed by atoms with Crippen molar-refractivity contribution >= 4 is 17.6 Å². The van der Waals surface area contributed by atoms with Crippen LogP contribution < -0.4 is 4.74 Å². The van der Waals surface area contributed by atoms with Crippen LogP contribution >= 0.6 is 11.6 Å². The van der Waals surface area contributed by atoms with Gasteiger partial charge in [-0.25, -0.2) is 4.79 Å². The topological polar surface area (TPSA) is 74.5 Å². The number of nitrogens with zero attached hydrogens (tertiary/aromatic N) is 2. The molecule has 26 heavy (non-hydrogen) atoms. The summed E-state index contributed by atoms with van der Waals surface area (Å²) in [5, 5.41) is 4.53. The number of hydrogen-bond donors (Lipinski definition) is 0. The number of hydrogen-bond acceptors (Lipinski definition) is 6. The molecule has 0 aliphatic rings. The van der Waals surface area contributed by atoms with Gasteiger partial charge in [0.05, 0.1) is 0 Å². The summed E-state index contributed by atoms with van der Waals surface area (Å²) in [6.45, 7) is 9.48. The quantitative estimate of drug-likeness (QED) is 0.613. The Morgan fingerprint density at radius 3 is 2.69 bits per heavy atom. The predicted octanol–water partition coefficient (Wildman–Crippen LogP) is 4.79. The molecule has 0 saturated heterocycles. The summed E-state index contributed by atoms with van der Waals surface area (Å²) in [5.41, 5.74) is 1.84. The molecule has 1 heterocycles. The van der Waals surface area contributed by atoms with E-state index < -0.39 is 12.1 Å². The lowest BCUT2D eigenvalue weighted by Crippen LogP contribution is -2.18. The van der Waals surface area contributed by atoms with Gasteiger partial charge in [-0.2, -0.15) is 4.98 Å². The third kappa shape index (κ3) is 5.21. The van der Waals surface area contributed by atoms with Crippen LogP contribution in [-0.2, 0) is 16.0 Å². The van der Waals surface area contributed by atoms with Gasteiger partial charge in [-0.1, -0.05) is 37.5 Å². The zero-order chi connectivity index (χ0) is 19.3. The Hall–Kier alpha value is -2.08. The van der Waals surface area contributed by atoms with Crippen molar-refractivity contribution in [2.24, 2.45) is 0 Å². The number of ether oxygens (including phenoxy) is 2. The number of aryl methyl sites for hydroxylation is 2. The van der Waals surface area contributed by atoms with E-state index >= 15 is 0 Å². The maximum absolute atomic E-state index is 12.1. The van der Waals surface area contributed by atoms with Gasteiger partial charge >= 0.3 is 5.97 Å². The first-order valence-corrected chi connectivity index (χ1v) is 9.14. The van der Waals surface area contributed by atoms with Crippen LogP contribution in [-0.4, -0.2) is 22.7 Å². The molecule has 1 unspecified atom stereocenters. The molecule has 7 heteroatoms. The summed E-state index contributed by atoms with van der Waals surface area (Å²) in [6.07, 6.45) is 1.02. The van der Waals surface area contributed by atoms with Gasteiger partial charge in [0.25, 0.3) is 5.89 Å². The molecule has 2 aromatic rings. The summed E-state index contributed by atoms with van der Waals surface area (Å²) in [7, 11) is 0. The maximum atomic E-state index is 12.1. The fourth-order valence-electron chi connectivity index (χ4n) is 2.42. The average Bonchev–Trinajstić information content (AvgIpc) is 3.04. The van der Waals surface area contributed by atoms with Crippen LogP contribution in [0.15, 0.2) is 16.7 Å². The molecule has 1 aromatic carbocycles. The lowest BCUT2D eigenvalue weighted by molar-refractivity contribution is -0.152. The summed E-state index contributed by atoms with van der Waals surface area (Å²) in [4.78, 5) is 16.3. The van der Waals surface area contributed by atoms with Crippen LogP contribution in [0.4, 0.5) is 0 Å². The monoisotopic (exact) mass is 380 g/mol. The second-order valence-electron chi connectivity index (χ2n) is 6.51. The molecule has 0 aliphatic carbocycles. The molecule has 6 nitrogen and oxygen atoms in total. The molecule has 0 spiro atoms. The van der Waals surface area contributed by atoms with Crippen molar-refractivity contribution in [3.8, 4) is 5.75 Å². The van der Waals surface area contributed by atoms with Crippen LogP contribution in [0, 0.1) is 6.92 Å². The smallest absolute Gasteiger partial charge is 0.344 e. The summed E-state index contributed by atoms with van der Waals surface area (Å²) in [5.74, 6) is 1.24. The van der Waals surface area contributed by atoms with Gasteiger partial charge in [0.2, 0.25) is 0 Å². The fraction of sp³-hybridized carbons (Fsp3) is 0.526. The second kappa shape index (κ2) is 9.03. The highest BCUT2D eigenvalue weighted by Crippen LogP contribution is 2.32. The number of aromatic nitrogens is 2. The molecule has 0 N–H and O–H groups in total. The number of carbonyl (C=O) groups excluding carboxylic acids is 1. The Labute approximate surface area is 158 Å². The third-order valence-electron chi connectivity index (χ3n) is 3.87. The average molecular weight is 381 g/mol. The Morgan fingerprint density at radius 2 is 2.04 bits per heavy atom. The molecule has 0 radical (unpaired) electrons. The number of rotatable bonds is 8. The highest BCUT2D eigenvalue weighted by Gasteiger charge is 2.19. The molecule has 1 aromatic heterocycles. The van der Waals surface area contributed by atoms with Crippen molar-refractivity contribution in [1.29, 1.82) is 0 Å². The van der Waals surface area contributed by atoms with Crippen molar-refractivity contribution in [1.82, 2.24) is 10.1 Å². The highest BCUT2D eigenvalue weighted by molar-refractivity contribution is 6.31. The van der Waals surface area contributed by atoms with E-state index in [9.17, 15) is 4.79 Å². The molecular weight excluding hydrogens is 356 g/mol. The van der Waals surface area contributed by atoms with Gasteiger partial charge in [-0.3, -0.25) is 0 Å². The normalized spacial score (nSPS) is 12.3. The van der Waals surface area contributed by atoms with Gasteiger partial charge in [0.1, 0.15) is 5.75 Å². The Morgan fingerprint density at radius 1 is 1.31 bits per heavy atom. The SMILES string of the molecule is CCCc1noc(C(C)OC(=O)COc2cc(C)c(Cl)cc2C(C)C)n1. The molecule has 1 atom stereocenters. The summed E-state index contributed by atoms with van der Waals surface area (Å²) in [6, 6.07) is 3.71. The van der Waals surface area contributed by atoms with Gasteiger partial charge < -0.3 is 14.0 Å². The first-order chi connectivity index (χ1) is 12.3. The standard InChI is InChI=1S/C19H25ClN2O4/c1-6-7-17-21-19(26-22-17)13(5)25-18(23)10-24-16-8-12(4)15(20)9-14(16)11(2)3/h8-9,11,13H,6-7,10H2,1-5H3. The molecule has 0 saturated carbocycles. The minimum Gasteiger partial charge on any atom is -0.482 e. The van der Waals surface area contributed by atoms with Crippen molar-refractivity contribution in [2.45, 2.75) is 59.5 Å². The molecule has 2 rings (SSSR count). The minimum atomic E-state index is -0.624. The first kappa shape index (κ1) is 20.2. The Balaban J connectivity index is 1.97. The van der Waals surface area contributed by atoms with Crippen LogP contribution in [0.25, 0.3) is 0 Å². The van der Waals surface area contributed by atoms with Crippen molar-refractivity contribution in [3.05, 3.63) is 40.0 Å². The summed E-state index contributed by atoms with van der Waals surface area (Å²) < 4.78 is 16.1. The lowest BCUT2D eigenvalue weighted by atomic mass is 10.0. The van der Waals surface area contributed by atoms with Gasteiger partial charge in [0, 0.05) is 11.4 Å². The second-order valence-corrected chi connectivity index (χ2v) is 6.92. The molecular formula is C19H25ClN2O4. The van der Waals surface area contributed by atoms with Gasteiger partial charge in [-0.15, -0.1) is 0 Å². The van der Waals surface area contributed by atoms with Crippen LogP contribution in [0.2, 0.25) is 5.02 Å². The fourth-order valence-corrected chi connectivity index (χ4v) is 2.59. The van der Waals surface area contributed by atoms with Crippen molar-refractivity contribution in [3.63, 3.8) is 0 Å². The first-order valence-electron chi connectivity index (χ1n) is 8.76. The van der Waals surface area contributed by atoms with Crippen molar-refractivity contribution < 1.29 is 18.8 Å². The highest BCUT2D eigenvalue weighted by atomic mass is 35.5. The number of esters is 1. The van der Waals surface area contributed by atoms with E-state index in [2.05, 4.69) is 10.1 Å². The molecule has 0 fully saturated rings. The van der Waals surface area contributed by atoms with Crippen LogP contribution in [0.5, 0.6) is 5.75 Å². The van der Waals surface area contributed by atoms with E-state index in [1.807, 2.05) is 39.8 Å². The Kier molecular flexibility index (Phi) is 7.03. The van der Waals surface area contributed by atoms with E-state index in [1.54, 1.807) is 6.92 Å².